The summed E-state index contributed by atoms with van der Waals surface area (Å²) in [6, 6.07) is 2.81. The zero-order valence-corrected chi connectivity index (χ0v) is 10.7. The van der Waals surface area contributed by atoms with Gasteiger partial charge in [0, 0.05) is 12.7 Å². The fourth-order valence-electron chi connectivity index (χ4n) is 1.23. The molecule has 0 aliphatic heterocycles. The summed E-state index contributed by atoms with van der Waals surface area (Å²) in [4.78, 5) is 14.6. The van der Waals surface area contributed by atoms with Crippen molar-refractivity contribution >= 4 is 21.8 Å². The lowest BCUT2D eigenvalue weighted by Gasteiger charge is -2.07. The second-order valence-corrected chi connectivity index (χ2v) is 5.07. The molecule has 0 spiro atoms. The predicted octanol–water partition coefficient (Wildman–Crippen LogP) is -0.105. The van der Waals surface area contributed by atoms with Crippen LogP contribution in [-0.2, 0) is 19.6 Å². The van der Waals surface area contributed by atoms with Gasteiger partial charge in [0.15, 0.2) is 0 Å². The van der Waals surface area contributed by atoms with E-state index < -0.39 is 16.0 Å². The van der Waals surface area contributed by atoms with Crippen molar-refractivity contribution in [2.45, 2.75) is 18.2 Å². The minimum Gasteiger partial charge on any atom is -0.466 e. The van der Waals surface area contributed by atoms with Gasteiger partial charge in [-0.15, -0.1) is 0 Å². The molecule has 0 aliphatic rings. The lowest BCUT2D eigenvalue weighted by molar-refractivity contribution is -0.142. The Bertz CT molecular complexity index is 516. The van der Waals surface area contributed by atoms with Crippen LogP contribution in [0.2, 0.25) is 0 Å². The van der Waals surface area contributed by atoms with Crippen LogP contribution in [0.5, 0.6) is 0 Å². The van der Waals surface area contributed by atoms with Gasteiger partial charge >= 0.3 is 5.97 Å². The summed E-state index contributed by atoms with van der Waals surface area (Å²) >= 11 is 0. The molecular weight excluding hydrogens is 258 g/mol. The van der Waals surface area contributed by atoms with Crippen molar-refractivity contribution in [2.24, 2.45) is 0 Å². The Balaban J connectivity index is 2.61. The summed E-state index contributed by atoms with van der Waals surface area (Å²) in [5.74, 6) is -0.541. The van der Waals surface area contributed by atoms with Gasteiger partial charge in [-0.3, -0.25) is 4.79 Å². The third-order valence-corrected chi connectivity index (χ3v) is 3.52. The van der Waals surface area contributed by atoms with Gasteiger partial charge < -0.3 is 10.5 Å². The molecule has 0 aliphatic carbocycles. The largest absolute Gasteiger partial charge is 0.466 e. The summed E-state index contributed by atoms with van der Waals surface area (Å²) < 4.78 is 30.6. The second kappa shape index (κ2) is 6.31. The molecule has 1 aromatic heterocycles. The number of carbonyl (C=O) groups excluding carboxylic acids is 1. The van der Waals surface area contributed by atoms with E-state index in [1.807, 2.05) is 0 Å². The van der Waals surface area contributed by atoms with E-state index in [-0.39, 0.29) is 30.3 Å². The van der Waals surface area contributed by atoms with E-state index >= 15 is 0 Å². The lowest BCUT2D eigenvalue weighted by atomic mass is 10.4. The number of sulfonamides is 1. The highest BCUT2D eigenvalue weighted by Crippen LogP contribution is 2.13. The summed E-state index contributed by atoms with van der Waals surface area (Å²) in [6.07, 6.45) is 1.36. The van der Waals surface area contributed by atoms with Crippen molar-refractivity contribution in [3.63, 3.8) is 0 Å². The number of nitrogens with one attached hydrogen (secondary N) is 1. The Labute approximate surface area is 105 Å². The van der Waals surface area contributed by atoms with Crippen LogP contribution >= 0.6 is 0 Å². The highest BCUT2D eigenvalue weighted by molar-refractivity contribution is 7.89. The molecule has 0 radical (unpaired) electrons. The molecular formula is C10H15N3O4S. The molecule has 3 N–H and O–H groups in total. The number of hydrogen-bond donors (Lipinski definition) is 2. The van der Waals surface area contributed by atoms with E-state index in [1.165, 1.54) is 18.3 Å². The zero-order chi connectivity index (χ0) is 13.6. The molecule has 0 bridgehead atoms. The smallest absolute Gasteiger partial charge is 0.307 e. The monoisotopic (exact) mass is 273 g/mol. The molecule has 8 heteroatoms. The fourth-order valence-corrected chi connectivity index (χ4v) is 2.34. The zero-order valence-electron chi connectivity index (χ0n) is 9.92. The number of nitrogens with two attached hydrogens (primary N) is 1. The Morgan fingerprint density at radius 3 is 2.89 bits per heavy atom. The number of aromatic nitrogens is 1. The van der Waals surface area contributed by atoms with Crippen molar-refractivity contribution in [3.05, 3.63) is 18.3 Å². The number of hydrogen-bond acceptors (Lipinski definition) is 6. The summed E-state index contributed by atoms with van der Waals surface area (Å²) in [5.41, 5.74) is 5.46. The first kappa shape index (κ1) is 14.4. The van der Waals surface area contributed by atoms with Gasteiger partial charge in [0.2, 0.25) is 10.0 Å². The van der Waals surface area contributed by atoms with Crippen LogP contribution in [-0.4, -0.2) is 32.5 Å². The first-order valence-electron chi connectivity index (χ1n) is 5.33. The molecule has 0 aromatic carbocycles. The van der Waals surface area contributed by atoms with Gasteiger partial charge in [0.1, 0.15) is 10.7 Å². The number of nitrogen functional groups attached to an aromatic ring is 1. The highest BCUT2D eigenvalue weighted by Gasteiger charge is 2.17. The molecule has 1 aromatic rings. The quantitative estimate of drug-likeness (QED) is 0.700. The third-order valence-electron chi connectivity index (χ3n) is 2.02. The van der Waals surface area contributed by atoms with Crippen molar-refractivity contribution in [3.8, 4) is 0 Å². The SMILES string of the molecule is CCOC(=O)CCNS(=O)(=O)c1cccnc1N. The van der Waals surface area contributed by atoms with Crippen LogP contribution in [0.15, 0.2) is 23.2 Å². The van der Waals surface area contributed by atoms with Crippen molar-refractivity contribution in [1.29, 1.82) is 0 Å². The van der Waals surface area contributed by atoms with Gasteiger partial charge in [-0.2, -0.15) is 0 Å². The normalized spacial score (nSPS) is 11.2. The minimum absolute atomic E-state index is 0.0345. The van der Waals surface area contributed by atoms with Gasteiger partial charge in [-0.1, -0.05) is 0 Å². The van der Waals surface area contributed by atoms with Gasteiger partial charge in [-0.25, -0.2) is 18.1 Å². The molecule has 0 fully saturated rings. The van der Waals surface area contributed by atoms with Gasteiger partial charge in [0.25, 0.3) is 0 Å². The van der Waals surface area contributed by atoms with Gasteiger partial charge in [0.05, 0.1) is 13.0 Å². The number of rotatable bonds is 6. The molecule has 1 rings (SSSR count). The number of pyridine rings is 1. The van der Waals surface area contributed by atoms with Crippen LogP contribution in [0, 0.1) is 0 Å². The minimum atomic E-state index is -3.75. The van der Waals surface area contributed by atoms with Crippen LogP contribution in [0.3, 0.4) is 0 Å². The first-order chi connectivity index (χ1) is 8.47. The molecule has 0 saturated carbocycles. The van der Waals surface area contributed by atoms with E-state index in [1.54, 1.807) is 6.92 Å². The summed E-state index contributed by atoms with van der Waals surface area (Å²) in [7, 11) is -3.75. The standard InChI is InChI=1S/C10H15N3O4S/c1-2-17-9(14)5-7-13-18(15,16)8-4-3-6-12-10(8)11/h3-4,6,13H,2,5,7H2,1H3,(H2,11,12). The molecule has 1 heterocycles. The average Bonchev–Trinajstić information content (AvgIpc) is 2.29. The number of ether oxygens (including phenoxy) is 1. The molecule has 0 atom stereocenters. The summed E-state index contributed by atoms with van der Waals surface area (Å²) in [5, 5.41) is 0. The topological polar surface area (TPSA) is 111 Å². The van der Waals surface area contributed by atoms with Crippen molar-refractivity contribution < 1.29 is 17.9 Å². The van der Waals surface area contributed by atoms with Crippen molar-refractivity contribution in [2.75, 3.05) is 18.9 Å². The summed E-state index contributed by atoms with van der Waals surface area (Å²) in [6.45, 7) is 1.90. The van der Waals surface area contributed by atoms with E-state index in [0.29, 0.717) is 0 Å². The maximum Gasteiger partial charge on any atom is 0.307 e. The Kier molecular flexibility index (Phi) is 5.05. The fraction of sp³-hybridized carbons (Fsp3) is 0.400. The van der Waals surface area contributed by atoms with E-state index in [4.69, 9.17) is 5.73 Å². The van der Waals surface area contributed by atoms with Crippen LogP contribution < -0.4 is 10.5 Å². The average molecular weight is 273 g/mol. The van der Waals surface area contributed by atoms with Crippen molar-refractivity contribution in [1.82, 2.24) is 9.71 Å². The van der Waals surface area contributed by atoms with E-state index in [9.17, 15) is 13.2 Å². The van der Waals surface area contributed by atoms with E-state index in [2.05, 4.69) is 14.4 Å². The highest BCUT2D eigenvalue weighted by atomic mass is 32.2. The molecule has 0 amide bonds. The van der Waals surface area contributed by atoms with Gasteiger partial charge in [-0.05, 0) is 19.1 Å². The molecule has 0 unspecified atom stereocenters. The molecule has 7 nitrogen and oxygen atoms in total. The maximum atomic E-state index is 11.8. The number of nitrogens with zero attached hydrogens (tertiary/aromatic N) is 1. The van der Waals surface area contributed by atoms with Crippen LogP contribution in [0.4, 0.5) is 5.82 Å². The Hall–Kier alpha value is -1.67. The lowest BCUT2D eigenvalue weighted by Crippen LogP contribution is -2.27. The molecule has 100 valence electrons. The van der Waals surface area contributed by atoms with Crippen LogP contribution in [0.25, 0.3) is 0 Å². The molecule has 18 heavy (non-hydrogen) atoms. The number of carbonyl (C=O) groups is 1. The Morgan fingerprint density at radius 1 is 1.56 bits per heavy atom. The predicted molar refractivity (Wildman–Crippen MR) is 65.1 cm³/mol. The number of esters is 1. The first-order valence-corrected chi connectivity index (χ1v) is 6.81. The number of anilines is 1. The molecule has 0 saturated heterocycles. The Morgan fingerprint density at radius 2 is 2.28 bits per heavy atom. The second-order valence-electron chi connectivity index (χ2n) is 3.34. The van der Waals surface area contributed by atoms with Crippen LogP contribution in [0.1, 0.15) is 13.3 Å². The maximum absolute atomic E-state index is 11.8. The van der Waals surface area contributed by atoms with E-state index in [0.717, 1.165) is 0 Å². The third kappa shape index (κ3) is 3.97.